The second-order valence-electron chi connectivity index (χ2n) is 9.53. The summed E-state index contributed by atoms with van der Waals surface area (Å²) in [6.07, 6.45) is 2.56. The van der Waals surface area contributed by atoms with E-state index in [1.807, 2.05) is 35.3 Å². The van der Waals surface area contributed by atoms with Gasteiger partial charge in [-0.05, 0) is 90.3 Å². The smallest absolute Gasteiger partial charge is 0.115 e. The van der Waals surface area contributed by atoms with Crippen molar-refractivity contribution in [1.29, 1.82) is 0 Å². The largest absolute Gasteiger partial charge is 0.246 e. The fraction of sp³-hybridized carbons (Fsp3) is 0.333. The predicted octanol–water partition coefficient (Wildman–Crippen LogP) is 10.8. The number of allylic oxidation sites excluding steroid dienone is 6. The van der Waals surface area contributed by atoms with Gasteiger partial charge in [0.25, 0.3) is 0 Å². The van der Waals surface area contributed by atoms with Crippen LogP contribution in [-0.4, -0.2) is 23.4 Å². The van der Waals surface area contributed by atoms with Gasteiger partial charge in [-0.15, -0.1) is 35.3 Å². The second kappa shape index (κ2) is 15.8. The minimum atomic E-state index is -0.733. The van der Waals surface area contributed by atoms with Crippen LogP contribution >= 0.6 is 58.8 Å². The molecular formula is C33H40F2S5. The van der Waals surface area contributed by atoms with Crippen LogP contribution in [0.1, 0.15) is 45.7 Å². The highest BCUT2D eigenvalue weighted by Gasteiger charge is 2.22. The van der Waals surface area contributed by atoms with E-state index in [-0.39, 0.29) is 0 Å². The molecule has 40 heavy (non-hydrogen) atoms. The first-order valence-electron chi connectivity index (χ1n) is 12.9. The Morgan fingerprint density at radius 2 is 1.62 bits per heavy atom. The molecule has 1 unspecified atom stereocenters. The van der Waals surface area contributed by atoms with Crippen molar-refractivity contribution in [2.24, 2.45) is 0 Å². The zero-order valence-corrected chi connectivity index (χ0v) is 28.8. The second-order valence-corrected chi connectivity index (χ2v) is 15.8. The van der Waals surface area contributed by atoms with Gasteiger partial charge in [-0.3, -0.25) is 0 Å². The quantitative estimate of drug-likeness (QED) is 0.156. The Bertz CT molecular complexity index is 1430. The first-order chi connectivity index (χ1) is 18.8. The number of benzene rings is 1. The first kappa shape index (κ1) is 34.9. The van der Waals surface area contributed by atoms with E-state index in [2.05, 4.69) is 73.6 Å². The lowest BCUT2D eigenvalue weighted by Gasteiger charge is -2.23. The Labute approximate surface area is 261 Å². The predicted molar refractivity (Wildman–Crippen MR) is 187 cm³/mol. The third-order valence-electron chi connectivity index (χ3n) is 6.62. The summed E-state index contributed by atoms with van der Waals surface area (Å²) in [4.78, 5) is 7.59. The van der Waals surface area contributed by atoms with Crippen LogP contribution in [0, 0.1) is 13.8 Å². The molecule has 0 amide bonds. The molecule has 0 N–H and O–H groups in total. The summed E-state index contributed by atoms with van der Waals surface area (Å²) in [5.74, 6) is 1.90. The molecule has 0 radical (unpaired) electrons. The van der Waals surface area contributed by atoms with Gasteiger partial charge in [-0.2, -0.15) is 0 Å². The van der Waals surface area contributed by atoms with E-state index in [9.17, 15) is 8.78 Å². The van der Waals surface area contributed by atoms with Crippen molar-refractivity contribution < 1.29 is 8.78 Å². The van der Waals surface area contributed by atoms with Gasteiger partial charge in [0.15, 0.2) is 0 Å². The lowest BCUT2D eigenvalue weighted by Crippen LogP contribution is -2.29. The zero-order chi connectivity index (χ0) is 30.3. The molecule has 1 aromatic rings. The Morgan fingerprint density at radius 3 is 2.17 bits per heavy atom. The normalized spacial score (nSPS) is 15.7. The molecule has 1 atom stereocenters. The van der Waals surface area contributed by atoms with Crippen LogP contribution < -0.4 is 10.4 Å². The molecule has 1 aromatic carbocycles. The summed E-state index contributed by atoms with van der Waals surface area (Å²) in [6, 6.07) is 0. The molecule has 0 saturated heterocycles. The van der Waals surface area contributed by atoms with Gasteiger partial charge in [-0.1, -0.05) is 70.3 Å². The van der Waals surface area contributed by atoms with Crippen LogP contribution in [0.2, 0.25) is 0 Å². The Kier molecular flexibility index (Phi) is 13.8. The van der Waals surface area contributed by atoms with Crippen molar-refractivity contribution in [3.05, 3.63) is 101 Å². The molecule has 0 saturated carbocycles. The maximum atomic E-state index is 14.0. The van der Waals surface area contributed by atoms with Crippen molar-refractivity contribution in [3.8, 4) is 0 Å². The monoisotopic (exact) mass is 634 g/mol. The van der Waals surface area contributed by atoms with Gasteiger partial charge in [0.2, 0.25) is 0 Å². The number of hydrogen-bond acceptors (Lipinski definition) is 5. The topological polar surface area (TPSA) is 0 Å². The van der Waals surface area contributed by atoms with Gasteiger partial charge in [0.05, 0.1) is 6.33 Å². The molecular weight excluding hydrogens is 595 g/mol. The molecule has 7 heteroatoms. The van der Waals surface area contributed by atoms with Gasteiger partial charge < -0.3 is 0 Å². The highest BCUT2D eigenvalue weighted by atomic mass is 32.2. The molecule has 0 fully saturated rings. The number of alkyl halides is 1. The molecule has 0 bridgehead atoms. The van der Waals surface area contributed by atoms with Crippen molar-refractivity contribution in [3.63, 3.8) is 0 Å². The highest BCUT2D eigenvalue weighted by Crippen LogP contribution is 2.49. The van der Waals surface area contributed by atoms with E-state index in [1.165, 1.54) is 42.5 Å². The van der Waals surface area contributed by atoms with E-state index in [1.54, 1.807) is 25.6 Å². The minimum Gasteiger partial charge on any atom is -0.246 e. The summed E-state index contributed by atoms with van der Waals surface area (Å²) in [7, 11) is 0. The van der Waals surface area contributed by atoms with Crippen molar-refractivity contribution in [2.75, 3.05) is 18.2 Å². The number of rotatable bonds is 13. The van der Waals surface area contributed by atoms with Gasteiger partial charge in [0, 0.05) is 45.3 Å². The molecule has 1 heterocycles. The highest BCUT2D eigenvalue weighted by molar-refractivity contribution is 8.13. The summed E-state index contributed by atoms with van der Waals surface area (Å²) in [5, 5.41) is 2.40. The van der Waals surface area contributed by atoms with Gasteiger partial charge in [-0.25, -0.2) is 8.78 Å². The van der Waals surface area contributed by atoms with Crippen molar-refractivity contribution in [1.82, 2.24) is 0 Å². The third-order valence-corrected chi connectivity index (χ3v) is 13.0. The summed E-state index contributed by atoms with van der Waals surface area (Å²) < 4.78 is 27.1. The van der Waals surface area contributed by atoms with Gasteiger partial charge >= 0.3 is 0 Å². The van der Waals surface area contributed by atoms with Crippen LogP contribution in [0.5, 0.6) is 0 Å². The SMILES string of the molecule is C=C1C=C(SC(=C)C(=C)/C(CF)=C(C)/C(C)=C/F)C(SCC(C)Sc2c(SCC)c(C)c(=C)c(=C)c2C)=C(C)S1. The molecule has 2 rings (SSSR count). The lowest BCUT2D eigenvalue weighted by atomic mass is 9.99. The summed E-state index contributed by atoms with van der Waals surface area (Å²) in [5.41, 5.74) is 4.23. The number of thioether (sulfide) groups is 5. The van der Waals surface area contributed by atoms with Crippen LogP contribution in [0.3, 0.4) is 0 Å². The fourth-order valence-electron chi connectivity index (χ4n) is 3.96. The molecule has 0 aromatic heterocycles. The maximum Gasteiger partial charge on any atom is 0.115 e. The maximum absolute atomic E-state index is 14.0. The zero-order valence-electron chi connectivity index (χ0n) is 24.7. The Morgan fingerprint density at radius 1 is 1.02 bits per heavy atom. The van der Waals surface area contributed by atoms with E-state index < -0.39 is 6.67 Å². The molecule has 1 aliphatic heterocycles. The molecule has 1 aliphatic rings. The van der Waals surface area contributed by atoms with E-state index >= 15 is 0 Å². The van der Waals surface area contributed by atoms with E-state index in [0.29, 0.717) is 38.8 Å². The average Bonchev–Trinajstić information content (AvgIpc) is 2.91. The summed E-state index contributed by atoms with van der Waals surface area (Å²) in [6.45, 7) is 34.5. The molecule has 0 nitrogen and oxygen atoms in total. The van der Waals surface area contributed by atoms with Crippen LogP contribution in [-0.2, 0) is 0 Å². The molecule has 216 valence electrons. The minimum absolute atomic E-state index is 0.341. The fourth-order valence-corrected chi connectivity index (χ4v) is 9.91. The van der Waals surface area contributed by atoms with E-state index in [0.717, 1.165) is 31.8 Å². The van der Waals surface area contributed by atoms with Crippen LogP contribution in [0.15, 0.2) is 88.8 Å². The Hall–Kier alpha value is -1.25. The van der Waals surface area contributed by atoms with Crippen LogP contribution in [0.25, 0.3) is 13.2 Å². The van der Waals surface area contributed by atoms with Gasteiger partial charge in [0.1, 0.15) is 6.67 Å². The number of hydrogen-bond donors (Lipinski definition) is 0. The standard InChI is InChI=1S/C33H40F2S5/c1-13-36-31-24(8)22(6)23(7)25(9)32(31)39-20(4)17-37-33-28(12)38-19(3)14-30(33)40-27(11)26(10)29(16-35)21(5)18(2)15-34/h14-15,20H,3,6-7,10-11,13,16-17H2,1-2,4-5,8-9,12H3/b18-15+,29-21+. The average molecular weight is 635 g/mol. The van der Waals surface area contributed by atoms with Crippen molar-refractivity contribution in [2.45, 2.75) is 63.5 Å². The molecule has 0 spiro atoms. The van der Waals surface area contributed by atoms with Crippen LogP contribution in [0.4, 0.5) is 8.78 Å². The first-order valence-corrected chi connectivity index (χ1v) is 17.4. The van der Waals surface area contributed by atoms with Crippen molar-refractivity contribution >= 4 is 72.0 Å². The Balaban J connectivity index is 2.28. The summed E-state index contributed by atoms with van der Waals surface area (Å²) >= 11 is 8.73. The third kappa shape index (κ3) is 8.41. The van der Waals surface area contributed by atoms with E-state index in [4.69, 9.17) is 0 Å². The lowest BCUT2D eigenvalue weighted by molar-refractivity contribution is 0.545. The molecule has 0 aliphatic carbocycles. The number of halogens is 2.